The molecule has 0 bridgehead atoms. The van der Waals surface area contributed by atoms with Crippen LogP contribution in [0.5, 0.6) is 0 Å². The van der Waals surface area contributed by atoms with E-state index in [0.29, 0.717) is 6.92 Å². The Bertz CT molecular complexity index is 1250. The highest BCUT2D eigenvalue weighted by atomic mass is 35.5. The molecule has 34 heavy (non-hydrogen) atoms. The van der Waals surface area contributed by atoms with E-state index >= 15 is 0 Å². The van der Waals surface area contributed by atoms with E-state index in [0.717, 1.165) is 17.4 Å². The summed E-state index contributed by atoms with van der Waals surface area (Å²) in [5.74, 6) is -0.566. The molecule has 1 aromatic carbocycles. The van der Waals surface area contributed by atoms with E-state index in [4.69, 9.17) is 23.2 Å². The Morgan fingerprint density at radius 2 is 1.91 bits per heavy atom. The number of hydrogen-bond donors (Lipinski definition) is 1. The van der Waals surface area contributed by atoms with Crippen molar-refractivity contribution < 1.29 is 30.8 Å². The second kappa shape index (κ2) is 9.94. The largest absolute Gasteiger partial charge is 0.404 e. The molecule has 1 atom stereocenters. The minimum Gasteiger partial charge on any atom is -0.337 e. The van der Waals surface area contributed by atoms with Crippen molar-refractivity contribution in [2.45, 2.75) is 43.1 Å². The van der Waals surface area contributed by atoms with Crippen molar-refractivity contribution in [3.63, 3.8) is 0 Å². The standard InChI is InChI=1S/C19H16Cl2F4N4O3S2/c1-9(19(23,24)25)28-34(31,32)12-3-2-11(14(20)15(12)21)17-16(27-13(8-26)33-17)18(30)29-6-4-10(22)5-7-29/h2-3,9-10,28H,4-7H2,1H3/t9-/m0/s1. The summed E-state index contributed by atoms with van der Waals surface area (Å²) in [6, 6.07) is 1.55. The second-order valence-electron chi connectivity index (χ2n) is 7.40. The van der Waals surface area contributed by atoms with E-state index in [-0.39, 0.29) is 52.1 Å². The molecule has 1 fully saturated rings. The Balaban J connectivity index is 2.02. The third-order valence-corrected chi connectivity index (χ3v) is 8.61. The van der Waals surface area contributed by atoms with Gasteiger partial charge in [-0.3, -0.25) is 4.79 Å². The first-order chi connectivity index (χ1) is 15.8. The summed E-state index contributed by atoms with van der Waals surface area (Å²) in [4.78, 5) is 17.9. The number of amides is 1. The average Bonchev–Trinajstić information content (AvgIpc) is 3.18. The quantitative estimate of drug-likeness (QED) is 0.531. The molecule has 0 spiro atoms. The number of aromatic nitrogens is 1. The van der Waals surface area contributed by atoms with Crippen molar-refractivity contribution in [3.8, 4) is 16.5 Å². The molecule has 184 valence electrons. The van der Waals surface area contributed by atoms with Crippen molar-refractivity contribution in [2.24, 2.45) is 0 Å². The maximum atomic E-state index is 13.5. The predicted octanol–water partition coefficient (Wildman–Crippen LogP) is 4.79. The number of nitrogens with one attached hydrogen (secondary N) is 1. The highest BCUT2D eigenvalue weighted by Crippen LogP contribution is 2.42. The second-order valence-corrected chi connectivity index (χ2v) is 10.8. The molecule has 1 N–H and O–H groups in total. The number of nitriles is 1. The normalized spacial score (nSPS) is 16.4. The molecular weight excluding hydrogens is 543 g/mol. The van der Waals surface area contributed by atoms with Crippen molar-refractivity contribution >= 4 is 50.5 Å². The highest BCUT2D eigenvalue weighted by molar-refractivity contribution is 7.89. The number of halogens is 6. The van der Waals surface area contributed by atoms with Crippen LogP contribution in [-0.4, -0.2) is 55.7 Å². The van der Waals surface area contributed by atoms with Gasteiger partial charge in [0, 0.05) is 18.7 Å². The van der Waals surface area contributed by atoms with Gasteiger partial charge in [-0.05, 0) is 25.8 Å². The molecule has 15 heteroatoms. The fourth-order valence-electron chi connectivity index (χ4n) is 3.17. The van der Waals surface area contributed by atoms with Crippen LogP contribution in [0.1, 0.15) is 35.3 Å². The Morgan fingerprint density at radius 1 is 1.29 bits per heavy atom. The summed E-state index contributed by atoms with van der Waals surface area (Å²) in [6.45, 7) is 0.924. The molecule has 2 aromatic rings. The molecule has 7 nitrogen and oxygen atoms in total. The SMILES string of the molecule is C[C@H](NS(=O)(=O)c1ccc(-c2sc(C#N)nc2C(=O)N2CCC(F)CC2)c(Cl)c1Cl)C(F)(F)F. The molecule has 1 aliphatic rings. The number of rotatable bonds is 5. The molecule has 0 aliphatic carbocycles. The Kier molecular flexibility index (Phi) is 7.79. The zero-order valence-corrected chi connectivity index (χ0v) is 20.4. The van der Waals surface area contributed by atoms with Gasteiger partial charge >= 0.3 is 6.18 Å². The number of carbonyl (C=O) groups excluding carboxylic acids is 1. The molecule has 2 heterocycles. The summed E-state index contributed by atoms with van der Waals surface area (Å²) < 4.78 is 78.3. The van der Waals surface area contributed by atoms with Crippen LogP contribution in [0.4, 0.5) is 17.6 Å². The zero-order chi connectivity index (χ0) is 25.4. The third-order valence-electron chi connectivity index (χ3n) is 5.04. The maximum Gasteiger partial charge on any atom is 0.404 e. The topological polar surface area (TPSA) is 103 Å². The van der Waals surface area contributed by atoms with E-state index in [1.165, 1.54) is 15.7 Å². The summed E-state index contributed by atoms with van der Waals surface area (Å²) >= 11 is 13.2. The van der Waals surface area contributed by atoms with E-state index < -0.39 is 44.2 Å². The summed E-state index contributed by atoms with van der Waals surface area (Å²) in [5, 5.41) is 8.26. The maximum absolute atomic E-state index is 13.5. The molecule has 0 saturated carbocycles. The van der Waals surface area contributed by atoms with E-state index in [1.54, 1.807) is 0 Å². The van der Waals surface area contributed by atoms with Gasteiger partial charge in [-0.25, -0.2) is 17.8 Å². The minimum atomic E-state index is -4.83. The lowest BCUT2D eigenvalue weighted by molar-refractivity contribution is -0.147. The monoisotopic (exact) mass is 558 g/mol. The van der Waals surface area contributed by atoms with Crippen LogP contribution in [-0.2, 0) is 10.0 Å². The lowest BCUT2D eigenvalue weighted by atomic mass is 10.1. The summed E-state index contributed by atoms with van der Waals surface area (Å²) in [7, 11) is -4.70. The molecule has 0 unspecified atom stereocenters. The minimum absolute atomic E-state index is 0.0669. The van der Waals surface area contributed by atoms with Gasteiger partial charge in [-0.15, -0.1) is 11.3 Å². The van der Waals surface area contributed by atoms with Gasteiger partial charge in [0.2, 0.25) is 10.0 Å². The number of benzene rings is 1. The molecule has 1 saturated heterocycles. The fraction of sp³-hybridized carbons (Fsp3) is 0.421. The van der Waals surface area contributed by atoms with Crippen LogP contribution in [0, 0.1) is 11.3 Å². The Hall–Kier alpha value is -1.98. The third kappa shape index (κ3) is 5.46. The van der Waals surface area contributed by atoms with Crippen LogP contribution >= 0.6 is 34.5 Å². The van der Waals surface area contributed by atoms with Crippen LogP contribution in [0.2, 0.25) is 10.0 Å². The van der Waals surface area contributed by atoms with Crippen LogP contribution in [0.3, 0.4) is 0 Å². The summed E-state index contributed by atoms with van der Waals surface area (Å²) in [6.07, 6.45) is -5.55. The van der Waals surface area contributed by atoms with Gasteiger partial charge in [-0.2, -0.15) is 23.2 Å². The van der Waals surface area contributed by atoms with Crippen LogP contribution < -0.4 is 4.72 Å². The van der Waals surface area contributed by atoms with Crippen molar-refractivity contribution in [1.29, 1.82) is 5.26 Å². The van der Waals surface area contributed by atoms with Gasteiger partial charge in [0.15, 0.2) is 5.01 Å². The number of carbonyl (C=O) groups is 1. The van der Waals surface area contributed by atoms with E-state index in [2.05, 4.69) is 4.98 Å². The number of alkyl halides is 4. The van der Waals surface area contributed by atoms with E-state index in [9.17, 15) is 36.0 Å². The number of sulfonamides is 1. The molecule has 3 rings (SSSR count). The number of likely N-dealkylation sites (tertiary alicyclic amines) is 1. The number of thiazole rings is 1. The lowest BCUT2D eigenvalue weighted by Gasteiger charge is -2.28. The molecule has 1 aromatic heterocycles. The molecule has 1 amide bonds. The predicted molar refractivity (Wildman–Crippen MR) is 118 cm³/mol. The zero-order valence-electron chi connectivity index (χ0n) is 17.3. The van der Waals surface area contributed by atoms with Crippen LogP contribution in [0.15, 0.2) is 17.0 Å². The molecule has 0 radical (unpaired) electrons. The fourth-order valence-corrected chi connectivity index (χ4v) is 6.21. The van der Waals surface area contributed by atoms with Crippen molar-refractivity contribution in [2.75, 3.05) is 13.1 Å². The van der Waals surface area contributed by atoms with Gasteiger partial charge in [0.1, 0.15) is 28.9 Å². The number of piperidine rings is 1. The van der Waals surface area contributed by atoms with Crippen molar-refractivity contribution in [3.05, 3.63) is 32.9 Å². The highest BCUT2D eigenvalue weighted by Gasteiger charge is 2.39. The Labute approximate surface area is 206 Å². The average molecular weight is 559 g/mol. The molecule has 1 aliphatic heterocycles. The van der Waals surface area contributed by atoms with Gasteiger partial charge in [0.25, 0.3) is 5.91 Å². The van der Waals surface area contributed by atoms with Crippen molar-refractivity contribution in [1.82, 2.24) is 14.6 Å². The van der Waals surface area contributed by atoms with Gasteiger partial charge < -0.3 is 4.90 Å². The smallest absolute Gasteiger partial charge is 0.337 e. The van der Waals surface area contributed by atoms with E-state index in [1.807, 2.05) is 6.07 Å². The van der Waals surface area contributed by atoms with Gasteiger partial charge in [0.05, 0.1) is 14.9 Å². The number of nitrogens with zero attached hydrogens (tertiary/aromatic N) is 3. The first-order valence-corrected chi connectivity index (χ1v) is 12.7. The number of hydrogen-bond acceptors (Lipinski definition) is 6. The first-order valence-electron chi connectivity index (χ1n) is 9.68. The first kappa shape index (κ1) is 26.6. The summed E-state index contributed by atoms with van der Waals surface area (Å²) in [5.41, 5.74) is -0.0755. The lowest BCUT2D eigenvalue weighted by Crippen LogP contribution is -2.43. The Morgan fingerprint density at radius 3 is 2.47 bits per heavy atom. The van der Waals surface area contributed by atoms with Gasteiger partial charge in [-0.1, -0.05) is 29.3 Å². The molecular formula is C19H16Cl2F4N4O3S2. The van der Waals surface area contributed by atoms with Crippen LogP contribution in [0.25, 0.3) is 10.4 Å².